The third-order valence-electron chi connectivity index (χ3n) is 4.88. The molecule has 4 aromatic rings. The number of aromatic nitrogens is 3. The maximum Gasteiger partial charge on any atom is 0.273 e. The van der Waals surface area contributed by atoms with Gasteiger partial charge in [-0.1, -0.05) is 42.0 Å². The normalized spacial score (nSPS) is 11.0. The Morgan fingerprint density at radius 3 is 2.68 bits per heavy atom. The number of nitrogens with zero attached hydrogens (tertiary/aromatic N) is 3. The van der Waals surface area contributed by atoms with Gasteiger partial charge in [0.05, 0.1) is 24.1 Å². The summed E-state index contributed by atoms with van der Waals surface area (Å²) in [5.41, 5.74) is 2.86. The van der Waals surface area contributed by atoms with Crippen molar-refractivity contribution in [3.8, 4) is 10.6 Å². The molecule has 4 rings (SSSR count). The highest BCUT2D eigenvalue weighted by molar-refractivity contribution is 7.13. The Labute approximate surface area is 183 Å². The third kappa shape index (κ3) is 4.70. The van der Waals surface area contributed by atoms with Crippen LogP contribution in [0.4, 0.5) is 0 Å². The zero-order chi connectivity index (χ0) is 21.8. The molecule has 2 aromatic heterocycles. The van der Waals surface area contributed by atoms with Crippen LogP contribution in [-0.4, -0.2) is 46.0 Å². The molecular weight excluding hydrogens is 412 g/mol. The topological polar surface area (TPSA) is 88.2 Å². The first-order valence-electron chi connectivity index (χ1n) is 9.84. The van der Waals surface area contributed by atoms with Crippen LogP contribution in [0.3, 0.4) is 0 Å². The lowest BCUT2D eigenvalue weighted by atomic mass is 10.2. The zero-order valence-electron chi connectivity index (χ0n) is 17.3. The minimum Gasteiger partial charge on any atom is -0.383 e. The molecule has 0 radical (unpaired) electrons. The van der Waals surface area contributed by atoms with Crippen LogP contribution in [0.15, 0.2) is 58.7 Å². The highest BCUT2D eigenvalue weighted by Gasteiger charge is 2.21. The summed E-state index contributed by atoms with van der Waals surface area (Å²) in [6.07, 6.45) is 0. The number of hydrogen-bond acceptors (Lipinski definition) is 6. The predicted octanol–water partition coefficient (Wildman–Crippen LogP) is 3.64. The highest BCUT2D eigenvalue weighted by atomic mass is 32.1. The minimum atomic E-state index is -0.234. The molecule has 0 spiro atoms. The molecule has 2 heterocycles. The van der Waals surface area contributed by atoms with E-state index in [9.17, 15) is 9.59 Å². The van der Waals surface area contributed by atoms with Crippen molar-refractivity contribution in [1.82, 2.24) is 19.9 Å². The molecular formula is C23H22N4O3S. The second-order valence-electron chi connectivity index (χ2n) is 7.15. The van der Waals surface area contributed by atoms with Gasteiger partial charge >= 0.3 is 0 Å². The van der Waals surface area contributed by atoms with Crippen LogP contribution in [0, 0.1) is 6.92 Å². The van der Waals surface area contributed by atoms with E-state index in [0.29, 0.717) is 35.6 Å². The number of carbonyl (C=O) groups excluding carboxylic acids is 1. The monoisotopic (exact) mass is 434 g/mol. The van der Waals surface area contributed by atoms with E-state index in [4.69, 9.17) is 4.74 Å². The Balaban J connectivity index is 1.60. The first kappa shape index (κ1) is 20.9. The van der Waals surface area contributed by atoms with Crippen LogP contribution < -0.4 is 5.56 Å². The average Bonchev–Trinajstić information content (AvgIpc) is 3.27. The van der Waals surface area contributed by atoms with Crippen LogP contribution in [0.2, 0.25) is 0 Å². The van der Waals surface area contributed by atoms with E-state index in [1.807, 2.05) is 37.3 Å². The van der Waals surface area contributed by atoms with Crippen molar-refractivity contribution in [3.05, 3.63) is 81.3 Å². The van der Waals surface area contributed by atoms with Gasteiger partial charge in [-0.3, -0.25) is 9.59 Å². The molecule has 0 saturated heterocycles. The summed E-state index contributed by atoms with van der Waals surface area (Å²) in [5, 5.41) is 3.06. The lowest BCUT2D eigenvalue weighted by Gasteiger charge is -2.21. The Kier molecular flexibility index (Phi) is 6.20. The molecule has 0 saturated carbocycles. The molecule has 0 aliphatic carbocycles. The van der Waals surface area contributed by atoms with E-state index in [1.54, 1.807) is 35.6 Å². The molecule has 0 aliphatic heterocycles. The van der Waals surface area contributed by atoms with Crippen LogP contribution in [0.25, 0.3) is 21.5 Å². The summed E-state index contributed by atoms with van der Waals surface area (Å²) in [5.74, 6) is 0.185. The van der Waals surface area contributed by atoms with E-state index in [2.05, 4.69) is 15.0 Å². The quantitative estimate of drug-likeness (QED) is 0.480. The van der Waals surface area contributed by atoms with E-state index < -0.39 is 0 Å². The fourth-order valence-corrected chi connectivity index (χ4v) is 4.01. The van der Waals surface area contributed by atoms with Gasteiger partial charge in [0.1, 0.15) is 16.5 Å². The summed E-state index contributed by atoms with van der Waals surface area (Å²) in [6.45, 7) is 2.89. The fourth-order valence-electron chi connectivity index (χ4n) is 3.21. The van der Waals surface area contributed by atoms with Crippen LogP contribution in [0.1, 0.15) is 21.9 Å². The summed E-state index contributed by atoms with van der Waals surface area (Å²) in [6, 6.07) is 15.2. The van der Waals surface area contributed by atoms with E-state index in [0.717, 1.165) is 10.6 Å². The van der Waals surface area contributed by atoms with Gasteiger partial charge < -0.3 is 14.6 Å². The first-order valence-corrected chi connectivity index (χ1v) is 10.7. The van der Waals surface area contributed by atoms with Crippen molar-refractivity contribution in [2.24, 2.45) is 0 Å². The van der Waals surface area contributed by atoms with Crippen molar-refractivity contribution in [2.75, 3.05) is 20.3 Å². The SMILES string of the molecule is COCCN(Cc1nc2ccccc2c(=O)[nH]1)C(=O)c1csc(-c2ccc(C)cc2)n1. The highest BCUT2D eigenvalue weighted by Crippen LogP contribution is 2.24. The van der Waals surface area contributed by atoms with E-state index >= 15 is 0 Å². The molecule has 0 aliphatic rings. The first-order chi connectivity index (χ1) is 15.0. The smallest absolute Gasteiger partial charge is 0.273 e. The fraction of sp³-hybridized carbons (Fsp3) is 0.217. The summed E-state index contributed by atoms with van der Waals surface area (Å²) < 4.78 is 5.17. The lowest BCUT2D eigenvalue weighted by Crippen LogP contribution is -2.35. The second-order valence-corrected chi connectivity index (χ2v) is 8.01. The van der Waals surface area contributed by atoms with Crippen LogP contribution >= 0.6 is 11.3 Å². The van der Waals surface area contributed by atoms with Crippen molar-refractivity contribution in [2.45, 2.75) is 13.5 Å². The van der Waals surface area contributed by atoms with E-state index in [-0.39, 0.29) is 18.0 Å². The number of aromatic amines is 1. The molecule has 1 N–H and O–H groups in total. The van der Waals surface area contributed by atoms with Gasteiger partial charge in [-0.2, -0.15) is 0 Å². The molecule has 2 aromatic carbocycles. The van der Waals surface area contributed by atoms with Crippen molar-refractivity contribution in [1.29, 1.82) is 0 Å². The number of carbonyl (C=O) groups is 1. The molecule has 7 nitrogen and oxygen atoms in total. The maximum atomic E-state index is 13.2. The molecule has 8 heteroatoms. The van der Waals surface area contributed by atoms with Crippen LogP contribution in [0.5, 0.6) is 0 Å². The number of hydrogen-bond donors (Lipinski definition) is 1. The number of fused-ring (bicyclic) bond motifs is 1. The predicted molar refractivity (Wildman–Crippen MR) is 121 cm³/mol. The lowest BCUT2D eigenvalue weighted by molar-refractivity contribution is 0.0670. The number of amides is 1. The van der Waals surface area contributed by atoms with Gasteiger partial charge in [0.2, 0.25) is 0 Å². The van der Waals surface area contributed by atoms with Gasteiger partial charge in [-0.15, -0.1) is 11.3 Å². The molecule has 31 heavy (non-hydrogen) atoms. The van der Waals surface area contributed by atoms with Crippen molar-refractivity contribution < 1.29 is 9.53 Å². The van der Waals surface area contributed by atoms with Gasteiger partial charge in [0.15, 0.2) is 0 Å². The number of rotatable bonds is 7. The molecule has 0 fully saturated rings. The number of nitrogens with one attached hydrogen (secondary N) is 1. The molecule has 0 bridgehead atoms. The van der Waals surface area contributed by atoms with Gasteiger partial charge in [0.25, 0.3) is 11.5 Å². The number of para-hydroxylation sites is 1. The molecule has 158 valence electrons. The Morgan fingerprint density at radius 2 is 1.90 bits per heavy atom. The standard InChI is InChI=1S/C23H22N4O3S/c1-15-7-9-16(10-8-15)22-25-19(14-31-22)23(29)27(11-12-30-2)13-20-24-18-6-4-3-5-17(18)21(28)26-20/h3-10,14H,11-13H2,1-2H3,(H,24,26,28). The molecule has 0 atom stereocenters. The zero-order valence-corrected chi connectivity index (χ0v) is 18.1. The van der Waals surface area contributed by atoms with Gasteiger partial charge in [-0.25, -0.2) is 9.97 Å². The van der Waals surface area contributed by atoms with Crippen LogP contribution in [-0.2, 0) is 11.3 Å². The third-order valence-corrected chi connectivity index (χ3v) is 5.77. The Morgan fingerprint density at radius 1 is 1.13 bits per heavy atom. The largest absolute Gasteiger partial charge is 0.383 e. The van der Waals surface area contributed by atoms with E-state index in [1.165, 1.54) is 16.9 Å². The van der Waals surface area contributed by atoms with Gasteiger partial charge in [-0.05, 0) is 19.1 Å². The number of H-pyrrole nitrogens is 1. The summed E-state index contributed by atoms with van der Waals surface area (Å²) in [7, 11) is 1.58. The second kappa shape index (κ2) is 9.20. The minimum absolute atomic E-state index is 0.152. The Hall–Kier alpha value is -3.36. The molecule has 0 unspecified atom stereocenters. The Bertz CT molecular complexity index is 1260. The number of methoxy groups -OCH3 is 1. The van der Waals surface area contributed by atoms with Gasteiger partial charge in [0, 0.05) is 24.6 Å². The maximum absolute atomic E-state index is 13.2. The number of aryl methyl sites for hydroxylation is 1. The summed E-state index contributed by atoms with van der Waals surface area (Å²) >= 11 is 1.43. The van der Waals surface area contributed by atoms with Crippen molar-refractivity contribution in [3.63, 3.8) is 0 Å². The number of benzene rings is 2. The average molecular weight is 435 g/mol. The summed E-state index contributed by atoms with van der Waals surface area (Å²) in [4.78, 5) is 39.0. The molecule has 1 amide bonds. The number of ether oxygens (including phenoxy) is 1. The number of thiazole rings is 1. The van der Waals surface area contributed by atoms with Crippen molar-refractivity contribution >= 4 is 28.1 Å².